The third-order valence-corrected chi connectivity index (χ3v) is 9.87. The van der Waals surface area contributed by atoms with E-state index in [1.807, 2.05) is 12.1 Å². The van der Waals surface area contributed by atoms with E-state index in [2.05, 4.69) is 26.8 Å². The molecule has 0 unspecified atom stereocenters. The molecule has 23 heavy (non-hydrogen) atoms. The zero-order chi connectivity index (χ0) is 16.4. The van der Waals surface area contributed by atoms with Gasteiger partial charge in [0.15, 0.2) is 0 Å². The molecular weight excluding hydrogens is 366 g/mol. The maximum absolute atomic E-state index is 6.47. The minimum absolute atomic E-state index is 0. The second-order valence-corrected chi connectivity index (χ2v) is 11.7. The Labute approximate surface area is 160 Å². The number of hydrogen-bond acceptors (Lipinski definition) is 0. The molecule has 1 aromatic carbocycles. The van der Waals surface area contributed by atoms with E-state index in [0.717, 1.165) is 10.0 Å². The van der Waals surface area contributed by atoms with Crippen LogP contribution in [0.5, 0.6) is 0 Å². The van der Waals surface area contributed by atoms with Crippen LogP contribution in [0.3, 0.4) is 0 Å². The van der Waals surface area contributed by atoms with Crippen LogP contribution in [0.2, 0.25) is 10.0 Å². The van der Waals surface area contributed by atoms with E-state index in [0.29, 0.717) is 0 Å². The highest BCUT2D eigenvalue weighted by Crippen LogP contribution is 2.63. The third kappa shape index (κ3) is 8.44. The molecule has 0 heterocycles. The van der Waals surface area contributed by atoms with Gasteiger partial charge in [-0.25, -0.2) is 0 Å². The molecule has 0 bridgehead atoms. The molecule has 0 aromatic heterocycles. The van der Waals surface area contributed by atoms with Crippen LogP contribution in [0, 0.1) is 0 Å². The normalized spacial score (nSPS) is 11.3. The lowest BCUT2D eigenvalue weighted by molar-refractivity contribution is -0.00000473. The van der Waals surface area contributed by atoms with E-state index in [4.69, 9.17) is 23.2 Å². The molecule has 134 valence electrons. The molecule has 0 aliphatic carbocycles. The first-order valence-electron chi connectivity index (χ1n) is 8.86. The summed E-state index contributed by atoms with van der Waals surface area (Å²) in [6.07, 6.45) is 13.5. The van der Waals surface area contributed by atoms with Gasteiger partial charge in [-0.1, -0.05) is 69.3 Å². The molecule has 0 saturated carbocycles. The largest absolute Gasteiger partial charge is 1.00 e. The number of rotatable bonds is 11. The van der Waals surface area contributed by atoms with Crippen molar-refractivity contribution in [1.82, 2.24) is 0 Å². The first kappa shape index (κ1) is 23.5. The summed E-state index contributed by atoms with van der Waals surface area (Å²) in [4.78, 5) is 0. The van der Waals surface area contributed by atoms with Gasteiger partial charge in [-0.05, 0) is 31.4 Å². The Morgan fingerprint density at radius 2 is 1.30 bits per heavy atom. The summed E-state index contributed by atoms with van der Waals surface area (Å²) in [6, 6.07) is 6.06. The third-order valence-electron chi connectivity index (χ3n) is 4.48. The Hall–Kier alpha value is 0.520. The molecule has 0 spiro atoms. The van der Waals surface area contributed by atoms with E-state index < -0.39 is 7.26 Å². The van der Waals surface area contributed by atoms with Crippen molar-refractivity contribution in [3.8, 4) is 0 Å². The van der Waals surface area contributed by atoms with Gasteiger partial charge >= 0.3 is 0 Å². The fraction of sp³-hybridized carbons (Fsp3) is 0.684. The standard InChI is InChI=1S/C19H32Cl2P.ClH/c1-4-7-12-22(13-8-5-2,14-9-6-3)16-17-10-11-18(20)15-19(17)21;/h10-11,15H,4-9,12-14,16H2,1-3H3;1H/q+1;/p-1. The Morgan fingerprint density at radius 3 is 1.70 bits per heavy atom. The highest BCUT2D eigenvalue weighted by atomic mass is 35.5. The summed E-state index contributed by atoms with van der Waals surface area (Å²) in [5.41, 5.74) is 1.32. The van der Waals surface area contributed by atoms with Crippen molar-refractivity contribution in [3.63, 3.8) is 0 Å². The van der Waals surface area contributed by atoms with Crippen LogP contribution in [-0.2, 0) is 6.16 Å². The van der Waals surface area contributed by atoms with Crippen molar-refractivity contribution < 1.29 is 12.4 Å². The average Bonchev–Trinajstić information content (AvgIpc) is 2.51. The molecule has 0 aliphatic heterocycles. The van der Waals surface area contributed by atoms with Crippen molar-refractivity contribution in [2.75, 3.05) is 18.5 Å². The van der Waals surface area contributed by atoms with Gasteiger partial charge in [-0.15, -0.1) is 0 Å². The van der Waals surface area contributed by atoms with Crippen LogP contribution >= 0.6 is 30.5 Å². The lowest BCUT2D eigenvalue weighted by Gasteiger charge is -2.28. The first-order chi connectivity index (χ1) is 10.6. The van der Waals surface area contributed by atoms with Crippen LogP contribution < -0.4 is 12.4 Å². The lowest BCUT2D eigenvalue weighted by Crippen LogP contribution is -3.00. The van der Waals surface area contributed by atoms with Crippen molar-refractivity contribution >= 4 is 30.5 Å². The SMILES string of the molecule is CCCC[P+](CCCC)(CCCC)Cc1ccc(Cl)cc1Cl.[Cl-]. The predicted octanol–water partition coefficient (Wildman–Crippen LogP) is 4.92. The molecule has 0 amide bonds. The van der Waals surface area contributed by atoms with Crippen LogP contribution in [-0.4, -0.2) is 18.5 Å². The molecule has 1 rings (SSSR count). The van der Waals surface area contributed by atoms with Crippen molar-refractivity contribution in [1.29, 1.82) is 0 Å². The number of benzene rings is 1. The smallest absolute Gasteiger partial charge is 0.0857 e. The molecule has 0 radical (unpaired) electrons. The van der Waals surface area contributed by atoms with Gasteiger partial charge < -0.3 is 12.4 Å². The zero-order valence-electron chi connectivity index (χ0n) is 14.9. The molecule has 0 N–H and O–H groups in total. The summed E-state index contributed by atoms with van der Waals surface area (Å²) < 4.78 is 0. The summed E-state index contributed by atoms with van der Waals surface area (Å²) in [5, 5.41) is 1.61. The van der Waals surface area contributed by atoms with Crippen molar-refractivity contribution in [2.45, 2.75) is 65.5 Å². The van der Waals surface area contributed by atoms with E-state index in [9.17, 15) is 0 Å². The van der Waals surface area contributed by atoms with Gasteiger partial charge in [-0.3, -0.25) is 0 Å². The van der Waals surface area contributed by atoms with Gasteiger partial charge in [-0.2, -0.15) is 0 Å². The quantitative estimate of drug-likeness (QED) is 0.465. The Morgan fingerprint density at radius 1 is 0.826 bits per heavy atom. The fourth-order valence-electron chi connectivity index (χ4n) is 3.06. The fourth-order valence-corrected chi connectivity index (χ4v) is 8.74. The number of unbranched alkanes of at least 4 members (excludes halogenated alkanes) is 3. The second-order valence-electron chi connectivity index (χ2n) is 6.47. The van der Waals surface area contributed by atoms with E-state index in [-0.39, 0.29) is 12.4 Å². The zero-order valence-corrected chi connectivity index (χ0v) is 18.0. The molecule has 4 heteroatoms. The molecule has 0 saturated heterocycles. The summed E-state index contributed by atoms with van der Waals surface area (Å²) in [7, 11) is -0.937. The molecule has 1 aromatic rings. The minimum atomic E-state index is -0.937. The average molecular weight is 398 g/mol. The molecule has 0 atom stereocenters. The number of hydrogen-bond donors (Lipinski definition) is 0. The summed E-state index contributed by atoms with van der Waals surface area (Å²) in [6.45, 7) is 6.93. The molecule has 0 aliphatic rings. The second kappa shape index (κ2) is 12.8. The summed E-state index contributed by atoms with van der Waals surface area (Å²) >= 11 is 12.5. The van der Waals surface area contributed by atoms with Crippen LogP contribution in [0.1, 0.15) is 64.9 Å². The number of halogens is 3. The van der Waals surface area contributed by atoms with Crippen molar-refractivity contribution in [3.05, 3.63) is 33.8 Å². The predicted molar refractivity (Wildman–Crippen MR) is 106 cm³/mol. The highest BCUT2D eigenvalue weighted by Gasteiger charge is 2.36. The van der Waals surface area contributed by atoms with Crippen LogP contribution in [0.4, 0.5) is 0 Å². The molecular formula is C19H32Cl3P. The van der Waals surface area contributed by atoms with Crippen LogP contribution in [0.15, 0.2) is 18.2 Å². The highest BCUT2D eigenvalue weighted by molar-refractivity contribution is 7.75. The Kier molecular flexibility index (Phi) is 13.1. The summed E-state index contributed by atoms with van der Waals surface area (Å²) in [5.74, 6) is 0. The van der Waals surface area contributed by atoms with E-state index >= 15 is 0 Å². The Bertz CT molecular complexity index is 413. The molecule has 0 nitrogen and oxygen atoms in total. The van der Waals surface area contributed by atoms with E-state index in [1.165, 1.54) is 68.7 Å². The van der Waals surface area contributed by atoms with Gasteiger partial charge in [0, 0.05) is 22.9 Å². The van der Waals surface area contributed by atoms with E-state index in [1.54, 1.807) is 0 Å². The van der Waals surface area contributed by atoms with Crippen LogP contribution in [0.25, 0.3) is 0 Å². The van der Waals surface area contributed by atoms with Gasteiger partial charge in [0.25, 0.3) is 0 Å². The van der Waals surface area contributed by atoms with Crippen molar-refractivity contribution in [2.24, 2.45) is 0 Å². The topological polar surface area (TPSA) is 0 Å². The van der Waals surface area contributed by atoms with Gasteiger partial charge in [0.1, 0.15) is 0 Å². The molecule has 0 fully saturated rings. The Balaban J connectivity index is 0.00000484. The first-order valence-corrected chi connectivity index (χ1v) is 12.1. The van der Waals surface area contributed by atoms with Gasteiger partial charge in [0.05, 0.1) is 24.6 Å². The maximum Gasteiger partial charge on any atom is 0.0857 e. The lowest BCUT2D eigenvalue weighted by atomic mass is 10.2. The minimum Gasteiger partial charge on any atom is -1.00 e. The maximum atomic E-state index is 6.47. The van der Waals surface area contributed by atoms with Gasteiger partial charge in [0.2, 0.25) is 0 Å². The monoisotopic (exact) mass is 396 g/mol.